The number of halogens is 1. The van der Waals surface area contributed by atoms with Crippen LogP contribution in [0.25, 0.3) is 0 Å². The van der Waals surface area contributed by atoms with Crippen molar-refractivity contribution in [3.05, 3.63) is 32.8 Å². The van der Waals surface area contributed by atoms with Crippen molar-refractivity contribution in [3.8, 4) is 6.07 Å². The lowest BCUT2D eigenvalue weighted by atomic mass is 10.1. The number of nitro groups is 1. The fraction of sp³-hybridized carbons (Fsp3) is 0.273. The Hall–Kier alpha value is -2.33. The van der Waals surface area contributed by atoms with Crippen LogP contribution in [0, 0.1) is 21.4 Å². The Kier molecular flexibility index (Phi) is 4.67. The normalized spacial score (nSPS) is 9.74. The highest BCUT2D eigenvalue weighted by Gasteiger charge is 2.22. The predicted octanol–water partition coefficient (Wildman–Crippen LogP) is 2.30. The molecule has 0 heterocycles. The Morgan fingerprint density at radius 2 is 2.26 bits per heavy atom. The molecule has 0 radical (unpaired) electrons. The first-order valence-electron chi connectivity index (χ1n) is 5.17. The standard InChI is InChI=1S/C11H10ClN3O4/c1-14(4-2-3-13)10-8(11(16)17)5-7(15(18)19)6-9(10)12/h5-6H,2,4H2,1H3,(H,16,17). The molecule has 0 saturated heterocycles. The second-order valence-electron chi connectivity index (χ2n) is 3.72. The van der Waals surface area contributed by atoms with Crippen LogP contribution in [-0.4, -0.2) is 29.6 Å². The van der Waals surface area contributed by atoms with Gasteiger partial charge in [-0.15, -0.1) is 0 Å². The average Bonchev–Trinajstić information content (AvgIpc) is 2.34. The zero-order chi connectivity index (χ0) is 14.6. The van der Waals surface area contributed by atoms with E-state index < -0.39 is 10.9 Å². The molecule has 0 spiro atoms. The zero-order valence-corrected chi connectivity index (χ0v) is 10.7. The zero-order valence-electron chi connectivity index (χ0n) is 9.96. The van der Waals surface area contributed by atoms with Crippen molar-refractivity contribution in [2.24, 2.45) is 0 Å². The van der Waals surface area contributed by atoms with Gasteiger partial charge in [0.2, 0.25) is 0 Å². The van der Waals surface area contributed by atoms with Gasteiger partial charge in [0.05, 0.1) is 33.7 Å². The minimum absolute atomic E-state index is 0.0351. The van der Waals surface area contributed by atoms with Crippen LogP contribution in [0.5, 0.6) is 0 Å². The molecule has 1 N–H and O–H groups in total. The Bertz CT molecular complexity index is 568. The van der Waals surface area contributed by atoms with Gasteiger partial charge in [-0.25, -0.2) is 4.79 Å². The third-order valence-electron chi connectivity index (χ3n) is 2.43. The summed E-state index contributed by atoms with van der Waals surface area (Å²) in [5.41, 5.74) is -0.491. The van der Waals surface area contributed by atoms with Crippen molar-refractivity contribution in [1.29, 1.82) is 5.26 Å². The Labute approximate surface area is 113 Å². The second kappa shape index (κ2) is 6.02. The fourth-order valence-corrected chi connectivity index (χ4v) is 1.93. The summed E-state index contributed by atoms with van der Waals surface area (Å²) >= 11 is 5.90. The summed E-state index contributed by atoms with van der Waals surface area (Å²) in [6, 6.07) is 3.97. The second-order valence-corrected chi connectivity index (χ2v) is 4.12. The molecule has 1 aromatic rings. The van der Waals surface area contributed by atoms with E-state index in [-0.39, 0.29) is 34.9 Å². The van der Waals surface area contributed by atoms with Gasteiger partial charge < -0.3 is 10.0 Å². The molecule has 8 heteroatoms. The van der Waals surface area contributed by atoms with Crippen molar-refractivity contribution in [1.82, 2.24) is 0 Å². The topological polar surface area (TPSA) is 107 Å². The Morgan fingerprint density at radius 1 is 1.63 bits per heavy atom. The van der Waals surface area contributed by atoms with Crippen LogP contribution in [-0.2, 0) is 0 Å². The molecule has 0 bridgehead atoms. The number of carbonyl (C=O) groups is 1. The van der Waals surface area contributed by atoms with Gasteiger partial charge in [-0.2, -0.15) is 5.26 Å². The number of hydrogen-bond donors (Lipinski definition) is 1. The number of carboxylic acid groups (broad SMARTS) is 1. The number of benzene rings is 1. The number of non-ortho nitro benzene ring substituents is 1. The first-order valence-corrected chi connectivity index (χ1v) is 5.55. The van der Waals surface area contributed by atoms with Crippen LogP contribution >= 0.6 is 11.6 Å². The van der Waals surface area contributed by atoms with E-state index in [1.807, 2.05) is 6.07 Å². The van der Waals surface area contributed by atoms with Gasteiger partial charge in [0.1, 0.15) is 0 Å². The van der Waals surface area contributed by atoms with Gasteiger partial charge in [-0.1, -0.05) is 11.6 Å². The summed E-state index contributed by atoms with van der Waals surface area (Å²) in [5.74, 6) is -1.32. The van der Waals surface area contributed by atoms with Gasteiger partial charge in [-0.05, 0) is 0 Å². The number of nitrogens with zero attached hydrogens (tertiary/aromatic N) is 3. The molecule has 7 nitrogen and oxygen atoms in total. The van der Waals surface area contributed by atoms with Gasteiger partial charge in [-0.3, -0.25) is 10.1 Å². The van der Waals surface area contributed by atoms with Gasteiger partial charge in [0.15, 0.2) is 0 Å². The monoisotopic (exact) mass is 283 g/mol. The van der Waals surface area contributed by atoms with Crippen LogP contribution in [0.3, 0.4) is 0 Å². The number of rotatable bonds is 5. The first-order chi connectivity index (χ1) is 8.88. The molecule has 0 saturated carbocycles. The third kappa shape index (κ3) is 3.33. The highest BCUT2D eigenvalue weighted by atomic mass is 35.5. The molecule has 19 heavy (non-hydrogen) atoms. The number of aromatic carboxylic acids is 1. The van der Waals surface area contributed by atoms with Crippen molar-refractivity contribution in [2.45, 2.75) is 6.42 Å². The molecule has 0 aliphatic rings. The lowest BCUT2D eigenvalue weighted by Crippen LogP contribution is -2.21. The highest BCUT2D eigenvalue weighted by molar-refractivity contribution is 6.34. The number of anilines is 1. The quantitative estimate of drug-likeness (QED) is 0.656. The summed E-state index contributed by atoms with van der Waals surface area (Å²) in [4.78, 5) is 22.6. The van der Waals surface area contributed by atoms with Crippen LogP contribution in [0.2, 0.25) is 5.02 Å². The summed E-state index contributed by atoms with van der Waals surface area (Å²) in [6.45, 7) is 0.272. The summed E-state index contributed by atoms with van der Waals surface area (Å²) < 4.78 is 0. The molecule has 0 fully saturated rings. The maximum Gasteiger partial charge on any atom is 0.338 e. The molecule has 0 atom stereocenters. The SMILES string of the molecule is CN(CCC#N)c1c(Cl)cc([N+](=O)[O-])cc1C(=O)O. The van der Waals surface area contributed by atoms with Gasteiger partial charge in [0, 0.05) is 25.7 Å². The smallest absolute Gasteiger partial charge is 0.338 e. The van der Waals surface area contributed by atoms with Crippen LogP contribution in [0.4, 0.5) is 11.4 Å². The molecule has 0 aliphatic heterocycles. The third-order valence-corrected chi connectivity index (χ3v) is 2.72. The number of hydrogen-bond acceptors (Lipinski definition) is 5. The molecule has 100 valence electrons. The lowest BCUT2D eigenvalue weighted by Gasteiger charge is -2.21. The Morgan fingerprint density at radius 3 is 2.74 bits per heavy atom. The molecule has 1 aromatic carbocycles. The molecular weight excluding hydrogens is 274 g/mol. The van der Waals surface area contributed by atoms with Crippen LogP contribution in [0.1, 0.15) is 16.8 Å². The maximum absolute atomic E-state index is 11.2. The van der Waals surface area contributed by atoms with E-state index in [9.17, 15) is 14.9 Å². The summed E-state index contributed by atoms with van der Waals surface area (Å²) in [7, 11) is 1.57. The maximum atomic E-state index is 11.2. The van der Waals surface area contributed by atoms with E-state index in [1.54, 1.807) is 7.05 Å². The van der Waals surface area contributed by atoms with Gasteiger partial charge in [0.25, 0.3) is 5.69 Å². The van der Waals surface area contributed by atoms with Crippen molar-refractivity contribution in [2.75, 3.05) is 18.5 Å². The van der Waals surface area contributed by atoms with E-state index in [2.05, 4.69) is 0 Å². The van der Waals surface area contributed by atoms with Crippen molar-refractivity contribution < 1.29 is 14.8 Å². The molecule has 0 amide bonds. The minimum atomic E-state index is -1.32. The molecule has 0 unspecified atom stereocenters. The largest absolute Gasteiger partial charge is 0.478 e. The van der Waals surface area contributed by atoms with E-state index in [4.69, 9.17) is 22.0 Å². The Balaban J connectivity index is 3.34. The van der Waals surface area contributed by atoms with Gasteiger partial charge >= 0.3 is 5.97 Å². The van der Waals surface area contributed by atoms with Crippen molar-refractivity contribution >= 4 is 28.9 Å². The average molecular weight is 284 g/mol. The molecule has 0 aliphatic carbocycles. The summed E-state index contributed by atoms with van der Waals surface area (Å²) in [5, 5.41) is 28.3. The molecule has 1 rings (SSSR count). The van der Waals surface area contributed by atoms with E-state index in [1.165, 1.54) is 4.90 Å². The van der Waals surface area contributed by atoms with Crippen molar-refractivity contribution in [3.63, 3.8) is 0 Å². The highest BCUT2D eigenvalue weighted by Crippen LogP contribution is 2.33. The number of nitro benzene ring substituents is 1. The van der Waals surface area contributed by atoms with E-state index >= 15 is 0 Å². The first kappa shape index (κ1) is 14.7. The fourth-order valence-electron chi connectivity index (χ4n) is 1.57. The minimum Gasteiger partial charge on any atom is -0.478 e. The number of nitriles is 1. The predicted molar refractivity (Wildman–Crippen MR) is 68.6 cm³/mol. The van der Waals surface area contributed by atoms with E-state index in [0.717, 1.165) is 12.1 Å². The summed E-state index contributed by atoms with van der Waals surface area (Å²) in [6.07, 6.45) is 0.183. The van der Waals surface area contributed by atoms with Crippen LogP contribution in [0.15, 0.2) is 12.1 Å². The molecular formula is C11H10ClN3O4. The molecule has 0 aromatic heterocycles. The number of carboxylic acids is 1. The van der Waals surface area contributed by atoms with Crippen LogP contribution < -0.4 is 4.90 Å². The van der Waals surface area contributed by atoms with E-state index in [0.29, 0.717) is 0 Å². The lowest BCUT2D eigenvalue weighted by molar-refractivity contribution is -0.384.